The van der Waals surface area contributed by atoms with Crippen LogP contribution in [0.2, 0.25) is 0 Å². The molecular weight excluding hydrogens is 544 g/mol. The molecule has 0 N–H and O–H groups in total. The van der Waals surface area contributed by atoms with Crippen molar-refractivity contribution in [3.8, 4) is 0 Å². The Balaban J connectivity index is 1.65. The van der Waals surface area contributed by atoms with Gasteiger partial charge in [0.25, 0.3) is 0 Å². The van der Waals surface area contributed by atoms with Gasteiger partial charge in [-0.1, -0.05) is 18.2 Å². The molecule has 4 atom stereocenters. The number of likely N-dealkylation sites (N-methyl/N-ethyl adjacent to an activating group) is 1. The van der Waals surface area contributed by atoms with E-state index in [1.807, 2.05) is 0 Å². The average Bonchev–Trinajstić information content (AvgIpc) is 2.96. The first-order valence-corrected chi connectivity index (χ1v) is 13.6. The third-order valence-corrected chi connectivity index (χ3v) is 8.76. The molecule has 5 aliphatic rings. The highest BCUT2D eigenvalue weighted by Crippen LogP contribution is 2.47. The molecule has 11 heteroatoms. The van der Waals surface area contributed by atoms with Crippen molar-refractivity contribution >= 4 is 35.0 Å². The summed E-state index contributed by atoms with van der Waals surface area (Å²) in [6.45, 7) is 4.40. The number of esters is 1. The highest BCUT2D eigenvalue weighted by molar-refractivity contribution is 6.26. The Morgan fingerprint density at radius 1 is 0.857 bits per heavy atom. The lowest BCUT2D eigenvalue weighted by atomic mass is 9.69. The summed E-state index contributed by atoms with van der Waals surface area (Å²) in [6.07, 6.45) is 6.02. The van der Waals surface area contributed by atoms with Crippen molar-refractivity contribution in [1.29, 1.82) is 0 Å². The number of piperazine rings is 1. The summed E-state index contributed by atoms with van der Waals surface area (Å²) in [5, 5.41) is 0. The monoisotopic (exact) mass is 576 g/mol. The number of methoxy groups -OCH3 is 2. The first-order valence-electron chi connectivity index (χ1n) is 13.6. The van der Waals surface area contributed by atoms with Crippen molar-refractivity contribution < 1.29 is 43.0 Å². The van der Waals surface area contributed by atoms with Gasteiger partial charge in [-0.3, -0.25) is 28.9 Å². The number of ketones is 4. The number of amides is 1. The summed E-state index contributed by atoms with van der Waals surface area (Å²) in [5.41, 5.74) is 0.996. The lowest BCUT2D eigenvalue weighted by Crippen LogP contribution is -2.73. The molecule has 0 saturated carbocycles. The zero-order valence-electron chi connectivity index (χ0n) is 24.3. The third-order valence-electron chi connectivity index (χ3n) is 8.76. The molecule has 2 aliphatic carbocycles. The quantitative estimate of drug-likeness (QED) is 0.198. The van der Waals surface area contributed by atoms with E-state index < -0.39 is 60.0 Å². The highest BCUT2D eigenvalue weighted by atomic mass is 16.5. The Labute approximate surface area is 242 Å². The van der Waals surface area contributed by atoms with Crippen LogP contribution in [0.3, 0.4) is 0 Å². The fourth-order valence-corrected chi connectivity index (χ4v) is 6.83. The molecule has 0 aromatic rings. The summed E-state index contributed by atoms with van der Waals surface area (Å²) in [7, 11) is 4.32. The van der Waals surface area contributed by atoms with Gasteiger partial charge >= 0.3 is 5.97 Å². The van der Waals surface area contributed by atoms with Gasteiger partial charge in [0.15, 0.2) is 23.1 Å². The standard InChI is InChI=1S/C31H32N2O9/c1-7-8-9-10-21(34)42-13-20-22-16(25(35)14(2)29(40-5)27(22)37)11-18-24-23-17(12-19(32(24)4)31(39)33(18)20)26(36)15(3)30(41-6)28(23)38/h7-10,18-20,24H,11-13H2,1-6H3/b8-7+,10-9+/t18-,19-,20-,24-/m0/s1. The molecule has 42 heavy (non-hydrogen) atoms. The maximum absolute atomic E-state index is 14.2. The van der Waals surface area contributed by atoms with Crippen molar-refractivity contribution in [3.05, 3.63) is 69.3 Å². The average molecular weight is 577 g/mol. The van der Waals surface area contributed by atoms with Crippen molar-refractivity contribution in [3.63, 3.8) is 0 Å². The van der Waals surface area contributed by atoms with Crippen LogP contribution in [0, 0.1) is 0 Å². The second-order valence-electron chi connectivity index (χ2n) is 10.8. The minimum atomic E-state index is -1.12. The van der Waals surface area contributed by atoms with Gasteiger partial charge in [-0.15, -0.1) is 0 Å². The van der Waals surface area contributed by atoms with Gasteiger partial charge in [0.1, 0.15) is 6.61 Å². The first kappa shape index (κ1) is 29.1. The summed E-state index contributed by atoms with van der Waals surface area (Å²) in [6, 6.07) is -3.52. The molecule has 3 heterocycles. The van der Waals surface area contributed by atoms with Gasteiger partial charge in [0, 0.05) is 45.9 Å². The van der Waals surface area contributed by atoms with Gasteiger partial charge in [-0.25, -0.2) is 4.79 Å². The molecule has 5 rings (SSSR count). The topological polar surface area (TPSA) is 137 Å². The van der Waals surface area contributed by atoms with Gasteiger partial charge in [0.05, 0.1) is 38.4 Å². The molecule has 1 saturated heterocycles. The van der Waals surface area contributed by atoms with E-state index >= 15 is 0 Å². The number of carbonyl (C=O) groups is 6. The van der Waals surface area contributed by atoms with Crippen LogP contribution in [0.1, 0.15) is 33.6 Å². The van der Waals surface area contributed by atoms with Crippen LogP contribution < -0.4 is 0 Å². The van der Waals surface area contributed by atoms with Gasteiger partial charge in [-0.05, 0) is 34.2 Å². The van der Waals surface area contributed by atoms with Crippen LogP contribution >= 0.6 is 0 Å². The molecule has 0 spiro atoms. The summed E-state index contributed by atoms with van der Waals surface area (Å²) >= 11 is 0. The third kappa shape index (κ3) is 4.13. The van der Waals surface area contributed by atoms with Crippen LogP contribution in [0.15, 0.2) is 69.3 Å². The number of Topliss-reactive ketones (excluding diaryl/α,β-unsaturated/α-hetero) is 4. The van der Waals surface area contributed by atoms with Crippen molar-refractivity contribution in [2.75, 3.05) is 27.9 Å². The summed E-state index contributed by atoms with van der Waals surface area (Å²) in [4.78, 5) is 84.4. The molecular formula is C31H32N2O9. The minimum absolute atomic E-state index is 0.0109. The van der Waals surface area contributed by atoms with Crippen molar-refractivity contribution in [1.82, 2.24) is 9.80 Å². The van der Waals surface area contributed by atoms with Crippen LogP contribution in [0.4, 0.5) is 0 Å². The molecule has 0 aromatic heterocycles. The van der Waals surface area contributed by atoms with E-state index in [9.17, 15) is 28.8 Å². The second kappa shape index (κ2) is 10.8. The smallest absolute Gasteiger partial charge is 0.330 e. The number of carbonyl (C=O) groups excluding carboxylic acids is 6. The normalized spacial score (nSPS) is 28.2. The van der Waals surface area contributed by atoms with Gasteiger partial charge < -0.3 is 19.1 Å². The number of hydrogen-bond acceptors (Lipinski definition) is 10. The molecule has 2 bridgehead atoms. The number of rotatable bonds is 6. The number of ether oxygens (including phenoxy) is 3. The minimum Gasteiger partial charge on any atom is -0.492 e. The zero-order chi connectivity index (χ0) is 30.6. The Bertz CT molecular complexity index is 1540. The summed E-state index contributed by atoms with van der Waals surface area (Å²) < 4.78 is 16.1. The molecule has 1 fully saturated rings. The van der Waals surface area contributed by atoms with Crippen LogP contribution in [-0.4, -0.2) is 96.9 Å². The van der Waals surface area contributed by atoms with E-state index in [0.29, 0.717) is 0 Å². The van der Waals surface area contributed by atoms with E-state index in [1.54, 1.807) is 31.0 Å². The number of fused-ring (bicyclic) bond motifs is 5. The maximum Gasteiger partial charge on any atom is 0.330 e. The Hall–Kier alpha value is -4.38. The predicted octanol–water partition coefficient (Wildman–Crippen LogP) is 1.46. The Kier molecular flexibility index (Phi) is 7.48. The van der Waals surface area contributed by atoms with Crippen LogP contribution in [-0.2, 0) is 43.0 Å². The van der Waals surface area contributed by atoms with E-state index in [1.165, 1.54) is 45.1 Å². The molecule has 220 valence electrons. The predicted molar refractivity (Wildman–Crippen MR) is 147 cm³/mol. The van der Waals surface area contributed by atoms with E-state index in [4.69, 9.17) is 14.2 Å². The summed E-state index contributed by atoms with van der Waals surface area (Å²) in [5.74, 6) is -3.07. The fourth-order valence-electron chi connectivity index (χ4n) is 6.83. The molecule has 0 radical (unpaired) electrons. The van der Waals surface area contributed by atoms with E-state index in [-0.39, 0.29) is 63.6 Å². The van der Waals surface area contributed by atoms with E-state index in [0.717, 1.165) is 0 Å². The molecule has 3 aliphatic heterocycles. The molecule has 0 aromatic carbocycles. The van der Waals surface area contributed by atoms with Gasteiger partial charge in [0.2, 0.25) is 17.5 Å². The molecule has 0 unspecified atom stereocenters. The Morgan fingerprint density at radius 2 is 1.43 bits per heavy atom. The SMILES string of the molecule is C/C=C/C=C/C(=O)OC[C@H]1C2=C(C[C@H]3[C@H]4C5=C(C[C@@H](C(=O)N13)N4C)C(=O)C(C)=C(OC)C5=O)C(=O)C(C)=C(OC)C2=O. The first-order chi connectivity index (χ1) is 20.0. The zero-order valence-corrected chi connectivity index (χ0v) is 24.3. The molecule has 11 nitrogen and oxygen atoms in total. The lowest BCUT2D eigenvalue weighted by Gasteiger charge is -2.57. The Morgan fingerprint density at radius 3 is 2.00 bits per heavy atom. The number of hydrogen-bond donors (Lipinski definition) is 0. The maximum atomic E-state index is 14.2. The number of allylic oxidation sites excluding steroid dienone is 7. The molecule has 1 amide bonds. The fraction of sp³-hybridized carbons (Fsp3) is 0.419. The van der Waals surface area contributed by atoms with E-state index in [2.05, 4.69) is 0 Å². The highest BCUT2D eigenvalue weighted by Gasteiger charge is 2.59. The van der Waals surface area contributed by atoms with Crippen LogP contribution in [0.25, 0.3) is 0 Å². The van der Waals surface area contributed by atoms with Crippen molar-refractivity contribution in [2.24, 2.45) is 0 Å². The van der Waals surface area contributed by atoms with Crippen molar-refractivity contribution in [2.45, 2.75) is 57.8 Å². The van der Waals surface area contributed by atoms with Crippen LogP contribution in [0.5, 0.6) is 0 Å². The largest absolute Gasteiger partial charge is 0.492 e. The second-order valence-corrected chi connectivity index (χ2v) is 10.8. The number of nitrogens with zero attached hydrogens (tertiary/aromatic N) is 2. The van der Waals surface area contributed by atoms with Gasteiger partial charge in [-0.2, -0.15) is 0 Å². The lowest BCUT2D eigenvalue weighted by molar-refractivity contribution is -0.158.